The van der Waals surface area contributed by atoms with Crippen molar-refractivity contribution in [3.05, 3.63) is 0 Å². The van der Waals surface area contributed by atoms with Gasteiger partial charge in [0.25, 0.3) is 0 Å². The molecule has 2 aliphatic heterocycles. The lowest BCUT2D eigenvalue weighted by atomic mass is 10.1. The number of amides is 1. The highest BCUT2D eigenvalue weighted by atomic mass is 16.5. The highest BCUT2D eigenvalue weighted by Crippen LogP contribution is 2.05. The molecule has 0 aromatic rings. The van der Waals surface area contributed by atoms with Crippen LogP contribution in [-0.2, 0) is 9.53 Å². The van der Waals surface area contributed by atoms with Crippen LogP contribution in [0.15, 0.2) is 0 Å². The third-order valence-corrected chi connectivity index (χ3v) is 3.72. The molecule has 2 rings (SSSR count). The molecule has 0 spiro atoms. The van der Waals surface area contributed by atoms with E-state index in [0.29, 0.717) is 18.4 Å². The average Bonchev–Trinajstić information content (AvgIpc) is 2.37. The summed E-state index contributed by atoms with van der Waals surface area (Å²) in [6.45, 7) is 9.50. The zero-order valence-corrected chi connectivity index (χ0v) is 11.4. The highest BCUT2D eigenvalue weighted by molar-refractivity contribution is 5.76. The second kappa shape index (κ2) is 7.07. The minimum absolute atomic E-state index is 0.294. The normalized spacial score (nSPS) is 27.9. The van der Waals surface area contributed by atoms with E-state index in [0.717, 1.165) is 58.9 Å². The lowest BCUT2D eigenvalue weighted by Crippen LogP contribution is -2.46. The Morgan fingerprint density at radius 2 is 2.06 bits per heavy atom. The molecule has 1 unspecified atom stereocenters. The van der Waals surface area contributed by atoms with Crippen molar-refractivity contribution < 1.29 is 9.53 Å². The average molecular weight is 255 g/mol. The predicted molar refractivity (Wildman–Crippen MR) is 70.5 cm³/mol. The summed E-state index contributed by atoms with van der Waals surface area (Å²) < 4.78 is 5.33. The Labute approximate surface area is 109 Å². The van der Waals surface area contributed by atoms with Crippen molar-refractivity contribution in [2.75, 3.05) is 52.5 Å². The van der Waals surface area contributed by atoms with Crippen LogP contribution in [0.2, 0.25) is 0 Å². The molecule has 0 saturated carbocycles. The van der Waals surface area contributed by atoms with Crippen LogP contribution in [0.25, 0.3) is 0 Å². The van der Waals surface area contributed by atoms with Gasteiger partial charge in [0.05, 0.1) is 13.2 Å². The molecular weight excluding hydrogens is 230 g/mol. The summed E-state index contributed by atoms with van der Waals surface area (Å²) in [6, 6.07) is 0.309. The molecule has 1 N–H and O–H groups in total. The van der Waals surface area contributed by atoms with Crippen molar-refractivity contribution >= 4 is 5.91 Å². The standard InChI is InChI=1S/C13H25N3O2/c1-12-11-13(17)16(4-2-3-14-12)6-5-15-7-9-18-10-8-15/h12,14H,2-11H2,1H3. The Hall–Kier alpha value is -0.650. The summed E-state index contributed by atoms with van der Waals surface area (Å²) in [7, 11) is 0. The van der Waals surface area contributed by atoms with Crippen molar-refractivity contribution in [3.8, 4) is 0 Å². The fraction of sp³-hybridized carbons (Fsp3) is 0.923. The van der Waals surface area contributed by atoms with Crippen LogP contribution in [-0.4, -0.2) is 74.2 Å². The first-order valence-electron chi connectivity index (χ1n) is 7.07. The predicted octanol–water partition coefficient (Wildman–Crippen LogP) is -0.0809. The van der Waals surface area contributed by atoms with E-state index in [-0.39, 0.29) is 0 Å². The van der Waals surface area contributed by atoms with Crippen LogP contribution in [0.3, 0.4) is 0 Å². The molecule has 2 heterocycles. The van der Waals surface area contributed by atoms with Gasteiger partial charge in [-0.15, -0.1) is 0 Å². The number of carbonyl (C=O) groups excluding carboxylic acids is 1. The maximum atomic E-state index is 12.1. The molecule has 18 heavy (non-hydrogen) atoms. The summed E-state index contributed by atoms with van der Waals surface area (Å²) in [5, 5.41) is 3.37. The van der Waals surface area contributed by atoms with Crippen LogP contribution in [0, 0.1) is 0 Å². The Balaban J connectivity index is 1.76. The van der Waals surface area contributed by atoms with Crippen LogP contribution in [0.4, 0.5) is 0 Å². The Kier molecular flexibility index (Phi) is 5.41. The molecule has 104 valence electrons. The van der Waals surface area contributed by atoms with E-state index >= 15 is 0 Å². The van der Waals surface area contributed by atoms with Crippen LogP contribution in [0.1, 0.15) is 19.8 Å². The second-order valence-corrected chi connectivity index (χ2v) is 5.25. The number of nitrogens with one attached hydrogen (secondary N) is 1. The van der Waals surface area contributed by atoms with Gasteiger partial charge in [-0.3, -0.25) is 9.69 Å². The van der Waals surface area contributed by atoms with E-state index < -0.39 is 0 Å². The van der Waals surface area contributed by atoms with Gasteiger partial charge in [0.2, 0.25) is 5.91 Å². The van der Waals surface area contributed by atoms with Crippen molar-refractivity contribution in [1.82, 2.24) is 15.1 Å². The SMILES string of the molecule is CC1CC(=O)N(CCN2CCOCC2)CCCN1. The summed E-state index contributed by atoms with van der Waals surface area (Å²) in [5.74, 6) is 0.294. The number of hydrogen-bond donors (Lipinski definition) is 1. The van der Waals surface area contributed by atoms with Gasteiger partial charge in [-0.2, -0.15) is 0 Å². The third-order valence-electron chi connectivity index (χ3n) is 3.72. The molecule has 0 bridgehead atoms. The maximum absolute atomic E-state index is 12.1. The zero-order chi connectivity index (χ0) is 12.8. The van der Waals surface area contributed by atoms with Gasteiger partial charge in [0, 0.05) is 45.2 Å². The number of hydrogen-bond acceptors (Lipinski definition) is 4. The van der Waals surface area contributed by atoms with Crippen molar-refractivity contribution in [1.29, 1.82) is 0 Å². The van der Waals surface area contributed by atoms with Gasteiger partial charge >= 0.3 is 0 Å². The van der Waals surface area contributed by atoms with Gasteiger partial charge in [-0.05, 0) is 19.9 Å². The smallest absolute Gasteiger partial charge is 0.224 e. The Morgan fingerprint density at radius 3 is 2.83 bits per heavy atom. The van der Waals surface area contributed by atoms with Crippen LogP contribution >= 0.6 is 0 Å². The molecule has 0 radical (unpaired) electrons. The van der Waals surface area contributed by atoms with E-state index in [1.165, 1.54) is 0 Å². The monoisotopic (exact) mass is 255 g/mol. The summed E-state index contributed by atoms with van der Waals surface area (Å²) >= 11 is 0. The minimum atomic E-state index is 0.294. The third kappa shape index (κ3) is 4.23. The molecule has 0 aliphatic carbocycles. The number of nitrogens with zero attached hydrogens (tertiary/aromatic N) is 2. The number of morpholine rings is 1. The molecule has 2 aliphatic rings. The molecule has 2 fully saturated rings. The van der Waals surface area contributed by atoms with Crippen molar-refractivity contribution in [3.63, 3.8) is 0 Å². The first kappa shape index (κ1) is 13.8. The molecular formula is C13H25N3O2. The van der Waals surface area contributed by atoms with Crippen LogP contribution < -0.4 is 5.32 Å². The molecule has 0 aromatic heterocycles. The highest BCUT2D eigenvalue weighted by Gasteiger charge is 2.20. The Morgan fingerprint density at radius 1 is 1.28 bits per heavy atom. The number of rotatable bonds is 3. The zero-order valence-electron chi connectivity index (χ0n) is 11.4. The quantitative estimate of drug-likeness (QED) is 0.766. The fourth-order valence-corrected chi connectivity index (χ4v) is 2.53. The molecule has 5 nitrogen and oxygen atoms in total. The molecule has 2 saturated heterocycles. The molecule has 1 amide bonds. The van der Waals surface area contributed by atoms with E-state index in [9.17, 15) is 4.79 Å². The van der Waals surface area contributed by atoms with E-state index in [2.05, 4.69) is 17.1 Å². The minimum Gasteiger partial charge on any atom is -0.379 e. The fourth-order valence-electron chi connectivity index (χ4n) is 2.53. The first-order chi connectivity index (χ1) is 8.75. The van der Waals surface area contributed by atoms with Gasteiger partial charge in [0.15, 0.2) is 0 Å². The first-order valence-corrected chi connectivity index (χ1v) is 7.07. The Bertz CT molecular complexity index is 267. The summed E-state index contributed by atoms with van der Waals surface area (Å²) in [4.78, 5) is 16.5. The van der Waals surface area contributed by atoms with Gasteiger partial charge < -0.3 is 15.0 Å². The van der Waals surface area contributed by atoms with Gasteiger partial charge in [-0.1, -0.05) is 0 Å². The van der Waals surface area contributed by atoms with Crippen LogP contribution in [0.5, 0.6) is 0 Å². The molecule has 1 atom stereocenters. The van der Waals surface area contributed by atoms with Gasteiger partial charge in [-0.25, -0.2) is 0 Å². The van der Waals surface area contributed by atoms with Crippen molar-refractivity contribution in [2.24, 2.45) is 0 Å². The lowest BCUT2D eigenvalue weighted by Gasteiger charge is -2.32. The van der Waals surface area contributed by atoms with E-state index in [4.69, 9.17) is 4.74 Å². The van der Waals surface area contributed by atoms with Gasteiger partial charge in [0.1, 0.15) is 0 Å². The van der Waals surface area contributed by atoms with E-state index in [1.807, 2.05) is 4.90 Å². The largest absolute Gasteiger partial charge is 0.379 e. The number of carbonyl (C=O) groups is 1. The second-order valence-electron chi connectivity index (χ2n) is 5.25. The van der Waals surface area contributed by atoms with E-state index in [1.54, 1.807) is 0 Å². The number of ether oxygens (including phenoxy) is 1. The lowest BCUT2D eigenvalue weighted by molar-refractivity contribution is -0.132. The summed E-state index contributed by atoms with van der Waals surface area (Å²) in [6.07, 6.45) is 1.68. The summed E-state index contributed by atoms with van der Waals surface area (Å²) in [5.41, 5.74) is 0. The maximum Gasteiger partial charge on any atom is 0.224 e. The molecule has 5 heteroatoms. The topological polar surface area (TPSA) is 44.8 Å². The van der Waals surface area contributed by atoms with Crippen molar-refractivity contribution in [2.45, 2.75) is 25.8 Å². The molecule has 0 aromatic carbocycles.